The zero-order valence-electron chi connectivity index (χ0n) is 16.4. The second kappa shape index (κ2) is 8.34. The second-order valence-electron chi connectivity index (χ2n) is 6.71. The van der Waals surface area contributed by atoms with Gasteiger partial charge in [-0.2, -0.15) is 0 Å². The van der Waals surface area contributed by atoms with Crippen LogP contribution in [0.2, 0.25) is 0 Å². The van der Waals surface area contributed by atoms with Crippen molar-refractivity contribution >= 4 is 40.0 Å². The fourth-order valence-corrected chi connectivity index (χ4v) is 3.20. The van der Waals surface area contributed by atoms with Gasteiger partial charge in [-0.05, 0) is 73.2 Å². The number of rotatable bonds is 4. The summed E-state index contributed by atoms with van der Waals surface area (Å²) >= 11 is 5.29. The summed E-state index contributed by atoms with van der Waals surface area (Å²) in [4.78, 5) is 17.0. The van der Waals surface area contributed by atoms with Crippen molar-refractivity contribution in [1.82, 2.24) is 10.3 Å². The SMILES string of the molecule is COc1cccc(C(=O)NC(=S)Nc2cccc(-c3nc4cc(C)ccc4o3)c2)c1. The zero-order valence-corrected chi connectivity index (χ0v) is 17.2. The molecule has 0 saturated heterocycles. The third kappa shape index (κ3) is 4.31. The molecule has 2 N–H and O–H groups in total. The van der Waals surface area contributed by atoms with Gasteiger partial charge in [0.05, 0.1) is 7.11 Å². The van der Waals surface area contributed by atoms with Crippen LogP contribution in [0.3, 0.4) is 0 Å². The molecule has 1 amide bonds. The number of nitrogens with zero attached hydrogens (tertiary/aromatic N) is 1. The maximum atomic E-state index is 12.4. The standard InChI is InChI=1S/C23H19N3O3S/c1-14-9-10-20-19(11-14)25-22(29-20)16-6-3-7-17(12-16)24-23(30)26-21(27)15-5-4-8-18(13-15)28-2/h3-13H,1-2H3,(H2,24,26,27,30). The van der Waals surface area contributed by atoms with Crippen molar-refractivity contribution in [3.05, 3.63) is 77.9 Å². The Balaban J connectivity index is 1.48. The van der Waals surface area contributed by atoms with E-state index in [0.717, 1.165) is 22.2 Å². The van der Waals surface area contributed by atoms with Crippen molar-refractivity contribution in [2.45, 2.75) is 6.92 Å². The first-order valence-electron chi connectivity index (χ1n) is 9.26. The number of nitrogens with one attached hydrogen (secondary N) is 2. The number of amides is 1. The quantitative estimate of drug-likeness (QED) is 0.458. The molecule has 0 saturated carbocycles. The van der Waals surface area contributed by atoms with Gasteiger partial charge in [-0.25, -0.2) is 4.98 Å². The van der Waals surface area contributed by atoms with E-state index in [2.05, 4.69) is 15.6 Å². The largest absolute Gasteiger partial charge is 0.497 e. The zero-order chi connectivity index (χ0) is 21.1. The highest BCUT2D eigenvalue weighted by molar-refractivity contribution is 7.80. The number of oxazole rings is 1. The van der Waals surface area contributed by atoms with Gasteiger partial charge in [0.25, 0.3) is 5.91 Å². The van der Waals surface area contributed by atoms with E-state index >= 15 is 0 Å². The van der Waals surface area contributed by atoms with Gasteiger partial charge in [0.1, 0.15) is 11.3 Å². The number of carbonyl (C=O) groups is 1. The van der Waals surface area contributed by atoms with Crippen LogP contribution in [-0.2, 0) is 0 Å². The van der Waals surface area contributed by atoms with Crippen LogP contribution in [0.25, 0.3) is 22.6 Å². The summed E-state index contributed by atoms with van der Waals surface area (Å²) in [7, 11) is 1.55. The van der Waals surface area contributed by atoms with Crippen LogP contribution in [-0.4, -0.2) is 23.1 Å². The Bertz CT molecular complexity index is 1250. The molecule has 0 fully saturated rings. The lowest BCUT2D eigenvalue weighted by Crippen LogP contribution is -2.34. The molecule has 0 spiro atoms. The van der Waals surface area contributed by atoms with Crippen molar-refractivity contribution < 1.29 is 13.9 Å². The molecule has 6 nitrogen and oxygen atoms in total. The van der Waals surface area contributed by atoms with E-state index in [1.165, 1.54) is 0 Å². The van der Waals surface area contributed by atoms with Gasteiger partial charge in [0, 0.05) is 16.8 Å². The second-order valence-corrected chi connectivity index (χ2v) is 7.12. The molecule has 1 heterocycles. The maximum absolute atomic E-state index is 12.4. The Labute approximate surface area is 178 Å². The van der Waals surface area contributed by atoms with Crippen molar-refractivity contribution in [3.63, 3.8) is 0 Å². The van der Waals surface area contributed by atoms with Crippen molar-refractivity contribution in [2.24, 2.45) is 0 Å². The van der Waals surface area contributed by atoms with Gasteiger partial charge in [0.2, 0.25) is 5.89 Å². The Morgan fingerprint density at radius 3 is 2.73 bits per heavy atom. The van der Waals surface area contributed by atoms with Crippen molar-refractivity contribution in [3.8, 4) is 17.2 Å². The normalized spacial score (nSPS) is 10.6. The van der Waals surface area contributed by atoms with Crippen LogP contribution in [0.5, 0.6) is 5.75 Å². The molecule has 0 aliphatic heterocycles. The molecule has 150 valence electrons. The number of carbonyl (C=O) groups excluding carboxylic acids is 1. The number of fused-ring (bicyclic) bond motifs is 1. The molecule has 0 unspecified atom stereocenters. The molecule has 4 rings (SSSR count). The molecule has 30 heavy (non-hydrogen) atoms. The molecule has 0 bridgehead atoms. The summed E-state index contributed by atoms with van der Waals surface area (Å²) < 4.78 is 11.0. The van der Waals surface area contributed by atoms with Crippen LogP contribution in [0.4, 0.5) is 5.69 Å². The fraction of sp³-hybridized carbons (Fsp3) is 0.0870. The number of anilines is 1. The fourth-order valence-electron chi connectivity index (χ4n) is 2.99. The van der Waals surface area contributed by atoms with E-state index < -0.39 is 0 Å². The average Bonchev–Trinajstić information content (AvgIpc) is 3.17. The number of ether oxygens (including phenoxy) is 1. The molecule has 0 radical (unpaired) electrons. The van der Waals surface area contributed by atoms with E-state index in [4.69, 9.17) is 21.4 Å². The lowest BCUT2D eigenvalue weighted by Gasteiger charge is -2.10. The summed E-state index contributed by atoms with van der Waals surface area (Å²) in [6.07, 6.45) is 0. The molecule has 7 heteroatoms. The number of aromatic nitrogens is 1. The average molecular weight is 417 g/mol. The number of thiocarbonyl (C=S) groups is 1. The summed E-state index contributed by atoms with van der Waals surface area (Å²) in [5.74, 6) is 0.796. The number of hydrogen-bond donors (Lipinski definition) is 2. The topological polar surface area (TPSA) is 76.4 Å². The van der Waals surface area contributed by atoms with Crippen LogP contribution in [0.15, 0.2) is 71.1 Å². The predicted molar refractivity (Wildman–Crippen MR) is 121 cm³/mol. The Hall–Kier alpha value is -3.71. The summed E-state index contributed by atoms with van der Waals surface area (Å²) in [5.41, 5.74) is 4.63. The first kappa shape index (κ1) is 19.6. The Kier molecular flexibility index (Phi) is 5.45. The molecular weight excluding hydrogens is 398 g/mol. The van der Waals surface area contributed by atoms with E-state index in [-0.39, 0.29) is 11.0 Å². The van der Waals surface area contributed by atoms with E-state index in [9.17, 15) is 4.79 Å². The maximum Gasteiger partial charge on any atom is 0.257 e. The molecular formula is C23H19N3O3S. The highest BCUT2D eigenvalue weighted by Gasteiger charge is 2.11. The van der Waals surface area contributed by atoms with E-state index in [1.54, 1.807) is 31.4 Å². The lowest BCUT2D eigenvalue weighted by molar-refractivity contribution is 0.0977. The minimum atomic E-state index is -0.322. The lowest BCUT2D eigenvalue weighted by atomic mass is 10.2. The van der Waals surface area contributed by atoms with Gasteiger partial charge in [-0.1, -0.05) is 18.2 Å². The van der Waals surface area contributed by atoms with Gasteiger partial charge in [0.15, 0.2) is 10.7 Å². The number of aryl methyl sites for hydroxylation is 1. The Morgan fingerprint density at radius 2 is 1.90 bits per heavy atom. The monoisotopic (exact) mass is 417 g/mol. The first-order chi connectivity index (χ1) is 14.5. The van der Waals surface area contributed by atoms with Crippen LogP contribution in [0, 0.1) is 6.92 Å². The number of methoxy groups -OCH3 is 1. The molecule has 0 aliphatic rings. The van der Waals surface area contributed by atoms with Gasteiger partial charge < -0.3 is 14.5 Å². The van der Waals surface area contributed by atoms with Gasteiger partial charge >= 0.3 is 0 Å². The summed E-state index contributed by atoms with van der Waals surface area (Å²) in [6.45, 7) is 2.01. The Morgan fingerprint density at radius 1 is 1.07 bits per heavy atom. The van der Waals surface area contributed by atoms with Crippen molar-refractivity contribution in [2.75, 3.05) is 12.4 Å². The molecule has 0 atom stereocenters. The van der Waals surface area contributed by atoms with Crippen LogP contribution >= 0.6 is 12.2 Å². The number of benzene rings is 3. The summed E-state index contributed by atoms with van der Waals surface area (Å²) in [5, 5.41) is 5.88. The third-order valence-corrected chi connectivity index (χ3v) is 4.67. The van der Waals surface area contributed by atoms with Crippen LogP contribution in [0.1, 0.15) is 15.9 Å². The minimum absolute atomic E-state index is 0.188. The number of hydrogen-bond acceptors (Lipinski definition) is 5. The van der Waals surface area contributed by atoms with E-state index in [0.29, 0.717) is 22.9 Å². The molecule has 3 aromatic carbocycles. The van der Waals surface area contributed by atoms with Crippen LogP contribution < -0.4 is 15.4 Å². The predicted octanol–water partition coefficient (Wildman–Crippen LogP) is 4.94. The van der Waals surface area contributed by atoms with E-state index in [1.807, 2.05) is 49.4 Å². The smallest absolute Gasteiger partial charge is 0.257 e. The molecule has 0 aliphatic carbocycles. The molecule has 4 aromatic rings. The highest BCUT2D eigenvalue weighted by Crippen LogP contribution is 2.26. The molecule has 1 aromatic heterocycles. The summed E-state index contributed by atoms with van der Waals surface area (Å²) in [6, 6.07) is 20.2. The third-order valence-electron chi connectivity index (χ3n) is 4.47. The highest BCUT2D eigenvalue weighted by atomic mass is 32.1. The first-order valence-corrected chi connectivity index (χ1v) is 9.67. The van der Waals surface area contributed by atoms with Gasteiger partial charge in [-0.15, -0.1) is 0 Å². The van der Waals surface area contributed by atoms with Gasteiger partial charge in [-0.3, -0.25) is 10.1 Å². The van der Waals surface area contributed by atoms with Crippen molar-refractivity contribution in [1.29, 1.82) is 0 Å². The minimum Gasteiger partial charge on any atom is -0.497 e.